The van der Waals surface area contributed by atoms with Crippen molar-refractivity contribution in [2.24, 2.45) is 11.8 Å². The first kappa shape index (κ1) is 37.9. The first-order chi connectivity index (χ1) is 22.4. The molecule has 2 atom stereocenters. The lowest BCUT2D eigenvalue weighted by Crippen LogP contribution is -2.51. The van der Waals surface area contributed by atoms with E-state index < -0.39 is 6.10 Å². The maximum Gasteiger partial charge on any atom is 0.254 e. The first-order valence-corrected chi connectivity index (χ1v) is 16.8. The van der Waals surface area contributed by atoms with Crippen molar-refractivity contribution >= 4 is 11.5 Å². The summed E-state index contributed by atoms with van der Waals surface area (Å²) in [5, 5.41) is 39.9. The fourth-order valence-electron chi connectivity index (χ4n) is 5.22. The number of pyridine rings is 3. The molecule has 0 radical (unpaired) electrons. The van der Waals surface area contributed by atoms with Crippen LogP contribution in [0.5, 0.6) is 5.88 Å². The Morgan fingerprint density at radius 2 is 1.62 bits per heavy atom. The number of nitrogens with zero attached hydrogens (tertiary/aromatic N) is 4. The predicted molar refractivity (Wildman–Crippen MR) is 186 cm³/mol. The van der Waals surface area contributed by atoms with E-state index in [0.717, 1.165) is 61.5 Å². The number of ether oxygens (including phenoxy) is 1. The van der Waals surface area contributed by atoms with Gasteiger partial charge in [0.25, 0.3) is 5.56 Å². The second-order valence-electron chi connectivity index (χ2n) is 13.5. The third-order valence-electron chi connectivity index (χ3n) is 7.74. The van der Waals surface area contributed by atoms with Crippen LogP contribution in [0.25, 0.3) is 0 Å². The lowest BCUT2D eigenvalue weighted by molar-refractivity contribution is 0.0297. The number of aromatic nitrogens is 3. The molecule has 11 heteroatoms. The number of anilines is 2. The summed E-state index contributed by atoms with van der Waals surface area (Å²) < 4.78 is 7.07. The van der Waals surface area contributed by atoms with Crippen molar-refractivity contribution in [3.05, 3.63) is 76.5 Å². The number of nitrogens with one attached hydrogen (secondary N) is 1. The van der Waals surface area contributed by atoms with Crippen molar-refractivity contribution in [2.75, 3.05) is 36.5 Å². The largest absolute Gasteiger partial charge is 0.468 e. The smallest absolute Gasteiger partial charge is 0.254 e. The fourth-order valence-corrected chi connectivity index (χ4v) is 5.22. The fraction of sp³-hybridized carbons (Fsp3) is 0.583. The molecule has 47 heavy (non-hydrogen) atoms. The molecule has 0 bridgehead atoms. The minimum atomic E-state index is -0.636. The van der Waals surface area contributed by atoms with Crippen molar-refractivity contribution < 1.29 is 25.2 Å². The second-order valence-corrected chi connectivity index (χ2v) is 13.5. The molecule has 0 spiro atoms. The highest BCUT2D eigenvalue weighted by molar-refractivity contribution is 5.52. The Balaban J connectivity index is 0.000000192. The van der Waals surface area contributed by atoms with Crippen LogP contribution in [0.4, 0.5) is 11.5 Å². The highest BCUT2D eigenvalue weighted by Crippen LogP contribution is 2.31. The van der Waals surface area contributed by atoms with Gasteiger partial charge < -0.3 is 39.9 Å². The molecule has 2 aliphatic rings. The Bertz CT molecular complexity index is 1400. The Labute approximate surface area is 279 Å². The summed E-state index contributed by atoms with van der Waals surface area (Å²) in [5.41, 5.74) is 2.82. The van der Waals surface area contributed by atoms with E-state index >= 15 is 0 Å². The molecule has 11 nitrogen and oxygen atoms in total. The van der Waals surface area contributed by atoms with E-state index in [1.165, 1.54) is 0 Å². The third kappa shape index (κ3) is 11.9. The average Bonchev–Trinajstić information content (AvgIpc) is 3.00. The Morgan fingerprint density at radius 3 is 2.17 bits per heavy atom. The van der Waals surface area contributed by atoms with Gasteiger partial charge in [-0.05, 0) is 81.7 Å². The van der Waals surface area contributed by atoms with Crippen LogP contribution in [0.1, 0.15) is 71.7 Å². The molecule has 260 valence electrons. The van der Waals surface area contributed by atoms with E-state index in [4.69, 9.17) is 14.9 Å². The zero-order valence-corrected chi connectivity index (χ0v) is 28.8. The highest BCUT2D eigenvalue weighted by atomic mass is 16.5. The summed E-state index contributed by atoms with van der Waals surface area (Å²) in [6.07, 6.45) is 5.80. The molecule has 1 saturated carbocycles. The molecule has 2 fully saturated rings. The molecule has 1 aliphatic heterocycles. The third-order valence-corrected chi connectivity index (χ3v) is 7.74. The quantitative estimate of drug-likeness (QED) is 0.195. The van der Waals surface area contributed by atoms with E-state index in [-0.39, 0.29) is 43.1 Å². The van der Waals surface area contributed by atoms with E-state index in [9.17, 15) is 15.0 Å². The van der Waals surface area contributed by atoms with Crippen molar-refractivity contribution in [1.82, 2.24) is 14.5 Å². The molecule has 1 saturated heterocycles. The van der Waals surface area contributed by atoms with Gasteiger partial charge >= 0.3 is 0 Å². The molecule has 3 aromatic heterocycles. The lowest BCUT2D eigenvalue weighted by atomic mass is 9.88. The molecule has 3 aromatic rings. The minimum Gasteiger partial charge on any atom is -0.468 e. The Morgan fingerprint density at radius 1 is 0.915 bits per heavy atom. The van der Waals surface area contributed by atoms with Crippen molar-refractivity contribution in [1.29, 1.82) is 0 Å². The van der Waals surface area contributed by atoms with Crippen LogP contribution < -0.4 is 20.5 Å². The summed E-state index contributed by atoms with van der Waals surface area (Å²) >= 11 is 0. The van der Waals surface area contributed by atoms with E-state index in [2.05, 4.69) is 53.9 Å². The minimum absolute atomic E-state index is 0.000359. The van der Waals surface area contributed by atoms with Gasteiger partial charge in [0.2, 0.25) is 5.88 Å². The molecule has 5 rings (SSSR count). The number of aliphatic hydroxyl groups is 4. The molecule has 5 N–H and O–H groups in total. The molecule has 0 aromatic carbocycles. The van der Waals surface area contributed by atoms with Crippen LogP contribution in [-0.2, 0) is 12.8 Å². The van der Waals surface area contributed by atoms with Crippen LogP contribution in [0.2, 0.25) is 0 Å². The number of rotatable bonds is 12. The van der Waals surface area contributed by atoms with Gasteiger partial charge in [-0.1, -0.05) is 39.8 Å². The standard InChI is InChI=1S/C13H19NO2.C12H18N2O.C11H18N2O3/c1-9(2)8-10-4-3-7-14(13(10)16)11-5-6-12(11)15;1-9(2)6-10-4-3-5-12(13-10)14-7-11(15)8-14;1-8(2)13-10-4-3-5-12-11(10)16-9(6-14)7-15/h3-4,7,9,11-12,15H,5-6,8H2,1-2H3;3-5,9,11,15H,6-8H2,1-2H3;3-5,8-9,13-15H,6-7H2,1-2H3/t11-,12+;;/m0../s1. The van der Waals surface area contributed by atoms with Crippen LogP contribution in [0.3, 0.4) is 0 Å². The summed E-state index contributed by atoms with van der Waals surface area (Å²) in [6.45, 7) is 13.6. The SMILES string of the molecule is CC(C)Cc1cccc(N2CC(O)C2)n1.CC(C)Cc1cccn([C@H]2CC[C@H]2O)c1=O.CC(C)Nc1cccnc1OC(CO)CO. The lowest BCUT2D eigenvalue weighted by Gasteiger charge is -2.37. The maximum atomic E-state index is 12.1. The van der Waals surface area contributed by atoms with E-state index in [1.807, 2.05) is 44.2 Å². The number of hydrogen-bond donors (Lipinski definition) is 5. The van der Waals surface area contributed by atoms with Gasteiger partial charge in [-0.25, -0.2) is 9.97 Å². The van der Waals surface area contributed by atoms with Gasteiger partial charge in [-0.3, -0.25) is 4.79 Å². The molecular formula is C36H55N5O6. The summed E-state index contributed by atoms with van der Waals surface area (Å²) in [6, 6.07) is 13.8. The van der Waals surface area contributed by atoms with Gasteiger partial charge in [0.1, 0.15) is 11.9 Å². The highest BCUT2D eigenvalue weighted by Gasteiger charge is 2.31. The van der Waals surface area contributed by atoms with Crippen molar-refractivity contribution in [2.45, 2.75) is 97.6 Å². The zero-order valence-electron chi connectivity index (χ0n) is 28.8. The van der Waals surface area contributed by atoms with Crippen LogP contribution >= 0.6 is 0 Å². The van der Waals surface area contributed by atoms with Gasteiger partial charge in [0, 0.05) is 42.8 Å². The Kier molecular flexibility index (Phi) is 15.1. The summed E-state index contributed by atoms with van der Waals surface area (Å²) in [7, 11) is 0. The molecule has 1 aliphatic carbocycles. The monoisotopic (exact) mass is 653 g/mol. The van der Waals surface area contributed by atoms with E-state index in [1.54, 1.807) is 23.0 Å². The summed E-state index contributed by atoms with van der Waals surface area (Å²) in [4.78, 5) is 22.9. The molecule has 0 amide bonds. The molecule has 4 heterocycles. The molecule has 0 unspecified atom stereocenters. The number of aliphatic hydroxyl groups excluding tert-OH is 4. The maximum absolute atomic E-state index is 12.1. The zero-order chi connectivity index (χ0) is 34.5. The number of β-amino-alcohol motifs (C(OH)–C–C–N with tert-alkyl or cyclic N) is 1. The predicted octanol–water partition coefficient (Wildman–Crippen LogP) is 3.84. The number of hydrogen-bond acceptors (Lipinski definition) is 10. The van der Waals surface area contributed by atoms with Crippen LogP contribution in [-0.4, -0.2) is 85.6 Å². The molecular weight excluding hydrogens is 598 g/mol. The summed E-state index contributed by atoms with van der Waals surface area (Å²) in [5.74, 6) is 2.51. The van der Waals surface area contributed by atoms with Gasteiger partial charge in [-0.2, -0.15) is 0 Å². The first-order valence-electron chi connectivity index (χ1n) is 16.8. The average molecular weight is 654 g/mol. The normalized spacial score (nSPS) is 17.4. The van der Waals surface area contributed by atoms with Gasteiger partial charge in [-0.15, -0.1) is 0 Å². The Hall–Kier alpha value is -3.51. The van der Waals surface area contributed by atoms with Crippen LogP contribution in [0, 0.1) is 11.8 Å². The van der Waals surface area contributed by atoms with Gasteiger partial charge in [0.05, 0.1) is 37.2 Å². The van der Waals surface area contributed by atoms with E-state index in [0.29, 0.717) is 17.7 Å². The second kappa shape index (κ2) is 18.7. The van der Waals surface area contributed by atoms with Crippen molar-refractivity contribution in [3.63, 3.8) is 0 Å². The topological polar surface area (TPSA) is 153 Å². The van der Waals surface area contributed by atoms with Crippen LogP contribution in [0.15, 0.2) is 59.7 Å². The van der Waals surface area contributed by atoms with Gasteiger partial charge in [0.15, 0.2) is 0 Å². The van der Waals surface area contributed by atoms with Crippen molar-refractivity contribution in [3.8, 4) is 5.88 Å².